The second kappa shape index (κ2) is 6.60. The van der Waals surface area contributed by atoms with Crippen LogP contribution in [0.3, 0.4) is 0 Å². The Kier molecular flexibility index (Phi) is 4.49. The van der Waals surface area contributed by atoms with Crippen LogP contribution in [0.15, 0.2) is 58.5 Å². The van der Waals surface area contributed by atoms with Gasteiger partial charge in [-0.1, -0.05) is 36.0 Å². The second-order valence-electron chi connectivity index (χ2n) is 4.98. The molecule has 0 amide bonds. The standard InChI is InChI=1S/C16H10F3N3O2S/c17-16(18,19)11-5-1-9(2-6-11)10-3-7-12(8-4-10)25-14-13(15(23)24)20-22-21-14/h1-8H,(H,23,24)(H,20,21,22). The van der Waals surface area contributed by atoms with Crippen LogP contribution >= 0.6 is 11.8 Å². The van der Waals surface area contributed by atoms with E-state index in [1.165, 1.54) is 12.1 Å². The number of aromatic nitrogens is 3. The number of halogens is 3. The summed E-state index contributed by atoms with van der Waals surface area (Å²) in [6.45, 7) is 0. The highest BCUT2D eigenvalue weighted by Gasteiger charge is 2.29. The van der Waals surface area contributed by atoms with E-state index in [1.54, 1.807) is 24.3 Å². The number of nitrogens with one attached hydrogen (secondary N) is 1. The zero-order valence-electron chi connectivity index (χ0n) is 12.4. The number of nitrogens with zero attached hydrogens (tertiary/aromatic N) is 2. The first-order valence-corrected chi connectivity index (χ1v) is 7.76. The van der Waals surface area contributed by atoms with Crippen LogP contribution in [0, 0.1) is 0 Å². The average molecular weight is 365 g/mol. The molecule has 0 unspecified atom stereocenters. The molecule has 2 N–H and O–H groups in total. The Balaban J connectivity index is 1.78. The van der Waals surface area contributed by atoms with Gasteiger partial charge < -0.3 is 5.11 Å². The van der Waals surface area contributed by atoms with Crippen molar-refractivity contribution >= 4 is 17.7 Å². The number of carboxylic acids is 1. The van der Waals surface area contributed by atoms with E-state index in [-0.39, 0.29) is 10.7 Å². The quantitative estimate of drug-likeness (QED) is 0.719. The van der Waals surface area contributed by atoms with Gasteiger partial charge in [0.2, 0.25) is 5.69 Å². The number of carboxylic acid groups (broad SMARTS) is 1. The van der Waals surface area contributed by atoms with Crippen LogP contribution in [-0.2, 0) is 6.18 Å². The maximum absolute atomic E-state index is 12.6. The number of carbonyl (C=O) groups is 1. The molecule has 3 aromatic rings. The minimum atomic E-state index is -4.36. The summed E-state index contributed by atoms with van der Waals surface area (Å²) in [6.07, 6.45) is -4.36. The molecule has 3 rings (SSSR count). The molecule has 0 aliphatic heterocycles. The Labute approximate surface area is 143 Å². The molecule has 128 valence electrons. The molecule has 9 heteroatoms. The minimum Gasteiger partial charge on any atom is -0.476 e. The summed E-state index contributed by atoms with van der Waals surface area (Å²) in [4.78, 5) is 11.7. The van der Waals surface area contributed by atoms with Gasteiger partial charge in [0.15, 0.2) is 5.03 Å². The third kappa shape index (κ3) is 3.82. The molecule has 25 heavy (non-hydrogen) atoms. The molecule has 1 heterocycles. The zero-order chi connectivity index (χ0) is 18.0. The van der Waals surface area contributed by atoms with Crippen molar-refractivity contribution in [3.8, 4) is 11.1 Å². The van der Waals surface area contributed by atoms with Crippen molar-refractivity contribution < 1.29 is 23.1 Å². The molecule has 0 aliphatic rings. The number of H-pyrrole nitrogens is 1. The fourth-order valence-electron chi connectivity index (χ4n) is 2.11. The van der Waals surface area contributed by atoms with Gasteiger partial charge >= 0.3 is 12.1 Å². The number of hydrogen-bond acceptors (Lipinski definition) is 4. The summed E-state index contributed by atoms with van der Waals surface area (Å²) in [5.74, 6) is -1.18. The SMILES string of the molecule is O=C(O)c1n[nH]nc1Sc1ccc(-c2ccc(C(F)(F)F)cc2)cc1. The Bertz CT molecular complexity index is 890. The van der Waals surface area contributed by atoms with Crippen LogP contribution in [0.2, 0.25) is 0 Å². The predicted octanol–water partition coefficient (Wildman–Crippen LogP) is 4.34. The van der Waals surface area contributed by atoms with Crippen molar-refractivity contribution in [3.63, 3.8) is 0 Å². The Morgan fingerprint density at radius 1 is 0.960 bits per heavy atom. The van der Waals surface area contributed by atoms with Crippen molar-refractivity contribution in [2.45, 2.75) is 16.1 Å². The van der Waals surface area contributed by atoms with E-state index in [9.17, 15) is 18.0 Å². The topological polar surface area (TPSA) is 78.9 Å². The number of benzene rings is 2. The molecular weight excluding hydrogens is 355 g/mol. The number of rotatable bonds is 4. The Hall–Kier alpha value is -2.81. The zero-order valence-corrected chi connectivity index (χ0v) is 13.2. The summed E-state index contributed by atoms with van der Waals surface area (Å²) < 4.78 is 37.8. The maximum atomic E-state index is 12.6. The third-order valence-electron chi connectivity index (χ3n) is 3.33. The van der Waals surface area contributed by atoms with Crippen molar-refractivity contribution in [3.05, 3.63) is 59.8 Å². The first-order chi connectivity index (χ1) is 11.8. The fraction of sp³-hybridized carbons (Fsp3) is 0.0625. The number of aromatic amines is 1. The molecular formula is C16H10F3N3O2S. The molecule has 1 aromatic heterocycles. The average Bonchev–Trinajstić information content (AvgIpc) is 3.03. The van der Waals surface area contributed by atoms with Gasteiger partial charge in [0.05, 0.1) is 5.56 Å². The first-order valence-electron chi connectivity index (χ1n) is 6.94. The smallest absolute Gasteiger partial charge is 0.416 e. The van der Waals surface area contributed by atoms with Gasteiger partial charge in [-0.15, -0.1) is 10.2 Å². The highest BCUT2D eigenvalue weighted by molar-refractivity contribution is 7.99. The van der Waals surface area contributed by atoms with E-state index in [1.807, 2.05) is 0 Å². The molecule has 0 atom stereocenters. The van der Waals surface area contributed by atoms with Gasteiger partial charge in [0.1, 0.15) is 0 Å². The molecule has 0 radical (unpaired) electrons. The van der Waals surface area contributed by atoms with Crippen LogP contribution in [0.4, 0.5) is 13.2 Å². The van der Waals surface area contributed by atoms with E-state index in [0.29, 0.717) is 5.56 Å². The van der Waals surface area contributed by atoms with E-state index in [0.717, 1.165) is 34.4 Å². The van der Waals surface area contributed by atoms with Crippen molar-refractivity contribution in [2.24, 2.45) is 0 Å². The monoisotopic (exact) mass is 365 g/mol. The van der Waals surface area contributed by atoms with Crippen LogP contribution in [0.1, 0.15) is 16.1 Å². The number of aromatic carboxylic acids is 1. The summed E-state index contributed by atoms with van der Waals surface area (Å²) >= 11 is 1.12. The molecule has 2 aromatic carbocycles. The number of hydrogen-bond donors (Lipinski definition) is 2. The van der Waals surface area contributed by atoms with Crippen LogP contribution in [0.25, 0.3) is 11.1 Å². The van der Waals surface area contributed by atoms with Gasteiger partial charge in [0.25, 0.3) is 0 Å². The summed E-state index contributed by atoms with van der Waals surface area (Å²) in [5.41, 5.74) is 0.529. The molecule has 0 saturated heterocycles. The lowest BCUT2D eigenvalue weighted by atomic mass is 10.0. The lowest BCUT2D eigenvalue weighted by Crippen LogP contribution is -2.03. The largest absolute Gasteiger partial charge is 0.476 e. The van der Waals surface area contributed by atoms with Gasteiger partial charge in [-0.3, -0.25) is 0 Å². The summed E-state index contributed by atoms with van der Waals surface area (Å²) in [7, 11) is 0. The normalized spacial score (nSPS) is 11.5. The highest BCUT2D eigenvalue weighted by atomic mass is 32.2. The van der Waals surface area contributed by atoms with E-state index in [2.05, 4.69) is 15.4 Å². The molecule has 0 bridgehead atoms. The van der Waals surface area contributed by atoms with Gasteiger partial charge in [-0.2, -0.15) is 18.4 Å². The summed E-state index contributed by atoms with van der Waals surface area (Å²) in [5, 5.41) is 18.8. The van der Waals surface area contributed by atoms with Crippen LogP contribution in [0.5, 0.6) is 0 Å². The van der Waals surface area contributed by atoms with E-state index in [4.69, 9.17) is 5.11 Å². The van der Waals surface area contributed by atoms with E-state index < -0.39 is 17.7 Å². The van der Waals surface area contributed by atoms with Gasteiger partial charge in [0, 0.05) is 4.90 Å². The number of alkyl halides is 3. The van der Waals surface area contributed by atoms with Crippen molar-refractivity contribution in [2.75, 3.05) is 0 Å². The Morgan fingerprint density at radius 2 is 1.52 bits per heavy atom. The molecule has 0 spiro atoms. The van der Waals surface area contributed by atoms with Gasteiger partial charge in [-0.05, 0) is 35.4 Å². The van der Waals surface area contributed by atoms with Crippen molar-refractivity contribution in [1.82, 2.24) is 15.4 Å². The molecule has 0 fully saturated rings. The van der Waals surface area contributed by atoms with Crippen LogP contribution < -0.4 is 0 Å². The molecule has 0 saturated carbocycles. The van der Waals surface area contributed by atoms with E-state index >= 15 is 0 Å². The minimum absolute atomic E-state index is 0.170. The lowest BCUT2D eigenvalue weighted by molar-refractivity contribution is -0.137. The fourth-order valence-corrected chi connectivity index (χ4v) is 2.92. The third-order valence-corrected chi connectivity index (χ3v) is 4.32. The Morgan fingerprint density at radius 3 is 2.04 bits per heavy atom. The lowest BCUT2D eigenvalue weighted by Gasteiger charge is -2.08. The van der Waals surface area contributed by atoms with Gasteiger partial charge in [-0.25, -0.2) is 4.79 Å². The maximum Gasteiger partial charge on any atom is 0.416 e. The summed E-state index contributed by atoms with van der Waals surface area (Å²) in [6, 6.07) is 11.8. The predicted molar refractivity (Wildman–Crippen MR) is 84.3 cm³/mol. The molecule has 0 aliphatic carbocycles. The highest BCUT2D eigenvalue weighted by Crippen LogP contribution is 2.32. The second-order valence-corrected chi connectivity index (χ2v) is 6.05. The first kappa shape index (κ1) is 17.0. The molecule has 5 nitrogen and oxygen atoms in total. The van der Waals surface area contributed by atoms with Crippen molar-refractivity contribution in [1.29, 1.82) is 0 Å². The van der Waals surface area contributed by atoms with Crippen LogP contribution in [-0.4, -0.2) is 26.5 Å².